The van der Waals surface area contributed by atoms with Crippen LogP contribution in [0.4, 0.5) is 18.0 Å². The quantitative estimate of drug-likeness (QED) is 0.169. The molecule has 1 unspecified atom stereocenters. The highest BCUT2D eigenvalue weighted by Gasteiger charge is 2.37. The summed E-state index contributed by atoms with van der Waals surface area (Å²) in [6, 6.07) is 7.36. The molecule has 2 aliphatic heterocycles. The molecule has 1 aromatic carbocycles. The Morgan fingerprint density at radius 1 is 1.05 bits per heavy atom. The molecule has 0 spiro atoms. The maximum Gasteiger partial charge on any atom is 0.408 e. The molecule has 0 aliphatic carbocycles. The fraction of sp³-hybridized carbons (Fsp3) is 0.619. The lowest BCUT2D eigenvalue weighted by atomic mass is 9.83. The maximum absolute atomic E-state index is 14.4. The summed E-state index contributed by atoms with van der Waals surface area (Å²) in [7, 11) is 2.82. The van der Waals surface area contributed by atoms with E-state index in [9.17, 15) is 32.7 Å². The van der Waals surface area contributed by atoms with Crippen LogP contribution in [0.1, 0.15) is 96.1 Å². The third kappa shape index (κ3) is 11.1. The largest absolute Gasteiger partial charge is 0.468 e. The number of amides is 2. The van der Waals surface area contributed by atoms with Crippen LogP contribution in [0.25, 0.3) is 22.2 Å². The number of hydrogen-bond donors (Lipinski definition) is 3. The van der Waals surface area contributed by atoms with E-state index >= 15 is 0 Å². The van der Waals surface area contributed by atoms with Gasteiger partial charge in [-0.25, -0.2) is 10.2 Å². The van der Waals surface area contributed by atoms with Gasteiger partial charge in [0.05, 0.1) is 24.6 Å². The molecule has 3 N–H and O–H groups in total. The normalized spacial score (nSPS) is 19.5. The highest BCUT2D eigenvalue weighted by molar-refractivity contribution is 5.93. The van der Waals surface area contributed by atoms with Crippen molar-refractivity contribution < 1.29 is 46.9 Å². The van der Waals surface area contributed by atoms with Gasteiger partial charge in [0.2, 0.25) is 0 Å². The smallest absolute Gasteiger partial charge is 0.408 e. The summed E-state index contributed by atoms with van der Waals surface area (Å²) in [4.78, 5) is 46.1. The van der Waals surface area contributed by atoms with Crippen molar-refractivity contribution in [3.05, 3.63) is 53.3 Å². The molecular weight excluding hydrogens is 757 g/mol. The van der Waals surface area contributed by atoms with Crippen molar-refractivity contribution >= 4 is 28.9 Å². The lowest BCUT2D eigenvalue weighted by Gasteiger charge is -2.38. The standard InChI is InChI=1S/C42H59F3N6O7/c1-26(56-7)35-29(13-9-17-46-35)36-31(21-41(5,6)25-52)30-20-27(15-16-34(30)50(36)24-42(43,44)45)28-12-10-18-49(22-28)23-33(47-39(55)58-40(2,3)4)37(53)51-19-11-14-32(48-51)38(54)57-8/h9,13,15-17,20,26,28,32-33,48,52H,10-12,14,18-19,21-25H2,1-8H3,(H,47,55)/t26-,28?,32-,33-/m0/s1. The van der Waals surface area contributed by atoms with Gasteiger partial charge in [-0.1, -0.05) is 19.9 Å². The zero-order valence-electron chi connectivity index (χ0n) is 34.9. The molecule has 0 radical (unpaired) electrons. The van der Waals surface area contributed by atoms with Crippen LogP contribution in [0.2, 0.25) is 0 Å². The average molecular weight is 817 g/mol. The van der Waals surface area contributed by atoms with Gasteiger partial charge in [0.15, 0.2) is 0 Å². The number of nitrogens with zero attached hydrogens (tertiary/aromatic N) is 4. The number of fused-ring (bicyclic) bond motifs is 1. The number of hydrazine groups is 1. The molecule has 5 rings (SSSR count). The zero-order chi connectivity index (χ0) is 42.6. The zero-order valence-corrected chi connectivity index (χ0v) is 34.9. The van der Waals surface area contributed by atoms with Gasteiger partial charge in [0, 0.05) is 56.0 Å². The van der Waals surface area contributed by atoms with Gasteiger partial charge in [-0.05, 0) is 113 Å². The SMILES string of the molecule is COC(=O)[C@@H]1CCCN(C(=O)[C@H](CN2CCCC(c3ccc4c(c3)c(CC(C)(C)CO)c(-c3cccnc3[C@H](C)OC)n4CC(F)(F)F)C2)NC(=O)OC(C)(C)C)N1. The van der Waals surface area contributed by atoms with Crippen molar-refractivity contribution in [2.45, 2.75) is 116 Å². The predicted molar refractivity (Wildman–Crippen MR) is 213 cm³/mol. The lowest BCUT2D eigenvalue weighted by molar-refractivity contribution is -0.150. The Hall–Kier alpha value is -4.25. The average Bonchev–Trinajstić information content (AvgIpc) is 3.45. The number of aliphatic hydroxyl groups is 1. The Kier molecular flexibility index (Phi) is 14.2. The number of alkyl halides is 3. The number of benzene rings is 1. The number of carbonyl (C=O) groups excluding carboxylic acids is 3. The number of pyridine rings is 1. The third-order valence-corrected chi connectivity index (χ3v) is 10.8. The van der Waals surface area contributed by atoms with E-state index in [0.717, 1.165) is 18.4 Å². The fourth-order valence-corrected chi connectivity index (χ4v) is 7.95. The van der Waals surface area contributed by atoms with Gasteiger partial charge < -0.3 is 34.1 Å². The molecule has 320 valence electrons. The molecule has 2 fully saturated rings. The number of likely N-dealkylation sites (tertiary alicyclic amines) is 1. The third-order valence-electron chi connectivity index (χ3n) is 10.8. The molecule has 4 atom stereocenters. The van der Waals surface area contributed by atoms with E-state index < -0.39 is 59.9 Å². The molecule has 2 aliphatic rings. The number of ether oxygens (including phenoxy) is 3. The topological polar surface area (TPSA) is 147 Å². The van der Waals surface area contributed by atoms with Crippen molar-refractivity contribution in [1.82, 2.24) is 30.2 Å². The molecule has 3 aromatic rings. The molecule has 2 aromatic heterocycles. The van der Waals surface area contributed by atoms with Crippen LogP contribution < -0.4 is 10.7 Å². The monoisotopic (exact) mass is 816 g/mol. The summed E-state index contributed by atoms with van der Waals surface area (Å²) in [6.07, 6.45) is -1.29. The number of piperidine rings is 1. The number of aliphatic hydroxyl groups excluding tert-OH is 1. The minimum atomic E-state index is -4.53. The number of aromatic nitrogens is 2. The Morgan fingerprint density at radius 2 is 1.78 bits per heavy atom. The van der Waals surface area contributed by atoms with E-state index in [1.165, 1.54) is 23.8 Å². The lowest BCUT2D eigenvalue weighted by Crippen LogP contribution is -2.62. The summed E-state index contributed by atoms with van der Waals surface area (Å²) in [5.74, 6) is -0.961. The van der Waals surface area contributed by atoms with Crippen LogP contribution in [0.3, 0.4) is 0 Å². The van der Waals surface area contributed by atoms with E-state index in [0.29, 0.717) is 65.9 Å². The first-order valence-electron chi connectivity index (χ1n) is 19.9. The van der Waals surface area contributed by atoms with Crippen molar-refractivity contribution in [3.63, 3.8) is 0 Å². The van der Waals surface area contributed by atoms with Crippen molar-refractivity contribution in [1.29, 1.82) is 0 Å². The second kappa shape index (κ2) is 18.3. The van der Waals surface area contributed by atoms with Crippen LogP contribution in [0.5, 0.6) is 0 Å². The second-order valence-corrected chi connectivity index (χ2v) is 17.3. The summed E-state index contributed by atoms with van der Waals surface area (Å²) in [5, 5.41) is 15.2. The molecule has 16 heteroatoms. The number of esters is 1. The number of alkyl carbamates (subject to hydrolysis) is 1. The van der Waals surface area contributed by atoms with Crippen LogP contribution in [-0.2, 0) is 36.8 Å². The highest BCUT2D eigenvalue weighted by Crippen LogP contribution is 2.43. The van der Waals surface area contributed by atoms with E-state index in [4.69, 9.17) is 14.2 Å². The Bertz CT molecular complexity index is 1930. The molecule has 13 nitrogen and oxygen atoms in total. The Morgan fingerprint density at radius 3 is 2.43 bits per heavy atom. The fourth-order valence-electron chi connectivity index (χ4n) is 7.95. The van der Waals surface area contributed by atoms with Crippen LogP contribution in [-0.4, -0.2) is 113 Å². The van der Waals surface area contributed by atoms with Crippen LogP contribution >= 0.6 is 0 Å². The van der Waals surface area contributed by atoms with Crippen molar-refractivity contribution in [2.75, 3.05) is 47.0 Å². The second-order valence-electron chi connectivity index (χ2n) is 17.3. The molecule has 2 saturated heterocycles. The van der Waals surface area contributed by atoms with E-state index in [2.05, 4.69) is 20.6 Å². The highest BCUT2D eigenvalue weighted by atomic mass is 19.4. The first-order chi connectivity index (χ1) is 27.2. The number of methoxy groups -OCH3 is 2. The van der Waals surface area contributed by atoms with Gasteiger partial charge in [-0.15, -0.1) is 0 Å². The molecular formula is C42H59F3N6O7. The van der Waals surface area contributed by atoms with E-state index in [1.807, 2.05) is 26.0 Å². The van der Waals surface area contributed by atoms with Gasteiger partial charge in [-0.3, -0.25) is 19.6 Å². The molecule has 2 amide bonds. The predicted octanol–water partition coefficient (Wildman–Crippen LogP) is 6.28. The number of rotatable bonds is 13. The molecule has 4 heterocycles. The van der Waals surface area contributed by atoms with Gasteiger partial charge in [0.25, 0.3) is 5.91 Å². The van der Waals surface area contributed by atoms with Crippen molar-refractivity contribution in [2.24, 2.45) is 5.41 Å². The summed E-state index contributed by atoms with van der Waals surface area (Å²) in [6.45, 7) is 11.0. The Balaban J connectivity index is 1.53. The van der Waals surface area contributed by atoms with Gasteiger partial charge >= 0.3 is 18.2 Å². The first-order valence-corrected chi connectivity index (χ1v) is 19.9. The molecule has 0 saturated carbocycles. The minimum Gasteiger partial charge on any atom is -0.468 e. The number of halogens is 3. The molecule has 58 heavy (non-hydrogen) atoms. The number of hydrogen-bond acceptors (Lipinski definition) is 10. The summed E-state index contributed by atoms with van der Waals surface area (Å²) < 4.78 is 60.7. The minimum absolute atomic E-state index is 0.0529. The summed E-state index contributed by atoms with van der Waals surface area (Å²) >= 11 is 0. The van der Waals surface area contributed by atoms with Crippen LogP contribution in [0, 0.1) is 5.41 Å². The van der Waals surface area contributed by atoms with Crippen molar-refractivity contribution in [3.8, 4) is 11.3 Å². The number of carbonyl (C=O) groups is 3. The van der Waals surface area contributed by atoms with E-state index in [-0.39, 0.29) is 25.5 Å². The Labute approximate surface area is 338 Å². The van der Waals surface area contributed by atoms with Gasteiger partial charge in [0.1, 0.15) is 24.2 Å². The summed E-state index contributed by atoms with van der Waals surface area (Å²) in [5.41, 5.74) is 4.93. The molecule has 0 bridgehead atoms. The van der Waals surface area contributed by atoms with E-state index in [1.54, 1.807) is 52.1 Å². The first kappa shape index (κ1) is 44.8. The number of nitrogens with one attached hydrogen (secondary N) is 2. The van der Waals surface area contributed by atoms with Gasteiger partial charge in [-0.2, -0.15) is 13.2 Å². The van der Waals surface area contributed by atoms with Crippen LogP contribution in [0.15, 0.2) is 36.5 Å². The maximum atomic E-state index is 14.4.